The Morgan fingerprint density at radius 2 is 2.54 bits per heavy atom. The molecule has 72 valence electrons. The largest absolute Gasteiger partial charge is 0.319 e. The molecular weight excluding hydrogens is 178 g/mol. The lowest BCUT2D eigenvalue weighted by Gasteiger charge is -2.47. The van der Waals surface area contributed by atoms with Gasteiger partial charge in [-0.05, 0) is 37.3 Å². The van der Waals surface area contributed by atoms with Crippen molar-refractivity contribution < 1.29 is 0 Å². The van der Waals surface area contributed by atoms with E-state index >= 15 is 0 Å². The Morgan fingerprint density at radius 1 is 1.69 bits per heavy atom. The van der Waals surface area contributed by atoms with E-state index in [-0.39, 0.29) is 0 Å². The van der Waals surface area contributed by atoms with Gasteiger partial charge in [0.25, 0.3) is 0 Å². The number of likely N-dealkylation sites (N-methyl/N-ethyl adjacent to an activating group) is 1. The highest BCUT2D eigenvalue weighted by atomic mass is 32.1. The van der Waals surface area contributed by atoms with Crippen molar-refractivity contribution in [2.24, 2.45) is 5.92 Å². The first-order valence-corrected chi connectivity index (χ1v) is 5.86. The Labute approximate surface area is 84.2 Å². The van der Waals surface area contributed by atoms with Crippen LogP contribution in [0.3, 0.4) is 0 Å². The lowest BCUT2D eigenvalue weighted by Crippen LogP contribution is -2.48. The highest BCUT2D eigenvalue weighted by molar-refractivity contribution is 7.10. The van der Waals surface area contributed by atoms with Crippen LogP contribution in [0.2, 0.25) is 0 Å². The monoisotopic (exact) mass is 195 g/mol. The van der Waals surface area contributed by atoms with E-state index < -0.39 is 0 Å². The Kier molecular flexibility index (Phi) is 2.43. The van der Waals surface area contributed by atoms with Crippen molar-refractivity contribution in [3.63, 3.8) is 0 Å². The molecule has 0 aromatic carbocycles. The third kappa shape index (κ3) is 1.32. The van der Waals surface area contributed by atoms with E-state index in [9.17, 15) is 0 Å². The van der Waals surface area contributed by atoms with E-state index in [2.05, 4.69) is 36.8 Å². The van der Waals surface area contributed by atoms with Gasteiger partial charge in [0.05, 0.1) is 0 Å². The maximum Gasteiger partial charge on any atom is 0.0197 e. The van der Waals surface area contributed by atoms with Crippen molar-refractivity contribution in [1.29, 1.82) is 0 Å². The van der Waals surface area contributed by atoms with Gasteiger partial charge in [-0.2, -0.15) is 0 Å². The standard InChI is InChI=1S/C11H17NS/c1-9-5-6-11(9,8-12-2)10-4-3-7-13-10/h3-4,7,9,12H,5-6,8H2,1-2H3. The minimum atomic E-state index is 0.461. The van der Waals surface area contributed by atoms with Gasteiger partial charge in [-0.3, -0.25) is 0 Å². The van der Waals surface area contributed by atoms with Crippen molar-refractivity contribution in [3.8, 4) is 0 Å². The Morgan fingerprint density at radius 3 is 2.92 bits per heavy atom. The summed E-state index contributed by atoms with van der Waals surface area (Å²) in [6.07, 6.45) is 2.75. The molecule has 1 fully saturated rings. The first kappa shape index (κ1) is 9.22. The molecule has 1 saturated carbocycles. The van der Waals surface area contributed by atoms with Crippen molar-refractivity contribution >= 4 is 11.3 Å². The van der Waals surface area contributed by atoms with E-state index in [1.165, 1.54) is 12.8 Å². The summed E-state index contributed by atoms with van der Waals surface area (Å²) in [6.45, 7) is 3.51. The molecule has 1 N–H and O–H groups in total. The molecule has 0 amide bonds. The first-order chi connectivity index (χ1) is 6.29. The summed E-state index contributed by atoms with van der Waals surface area (Å²) in [5.74, 6) is 0.846. The lowest BCUT2D eigenvalue weighted by molar-refractivity contribution is 0.141. The molecule has 1 aromatic rings. The molecule has 1 aromatic heterocycles. The molecule has 2 heteroatoms. The van der Waals surface area contributed by atoms with Crippen LogP contribution in [0.5, 0.6) is 0 Å². The predicted octanol–water partition coefficient (Wildman–Crippen LogP) is 2.64. The molecular formula is C11H17NS. The van der Waals surface area contributed by atoms with Crippen molar-refractivity contribution in [2.75, 3.05) is 13.6 Å². The SMILES string of the molecule is CNCC1(c2cccs2)CCC1C. The molecule has 0 radical (unpaired) electrons. The van der Waals surface area contributed by atoms with Crippen LogP contribution in [-0.2, 0) is 5.41 Å². The van der Waals surface area contributed by atoms with Gasteiger partial charge in [-0.15, -0.1) is 11.3 Å². The van der Waals surface area contributed by atoms with Gasteiger partial charge in [-0.25, -0.2) is 0 Å². The van der Waals surface area contributed by atoms with Crippen LogP contribution in [-0.4, -0.2) is 13.6 Å². The Bertz CT molecular complexity index is 268. The number of nitrogens with one attached hydrogen (secondary N) is 1. The minimum Gasteiger partial charge on any atom is -0.319 e. The molecule has 0 bridgehead atoms. The fourth-order valence-electron chi connectivity index (χ4n) is 2.37. The van der Waals surface area contributed by atoms with Crippen LogP contribution in [0.25, 0.3) is 0 Å². The summed E-state index contributed by atoms with van der Waals surface area (Å²) < 4.78 is 0. The molecule has 13 heavy (non-hydrogen) atoms. The summed E-state index contributed by atoms with van der Waals surface area (Å²) >= 11 is 1.91. The maximum absolute atomic E-state index is 3.34. The molecule has 2 atom stereocenters. The van der Waals surface area contributed by atoms with E-state index in [1.807, 2.05) is 11.3 Å². The molecule has 0 saturated heterocycles. The lowest BCUT2D eigenvalue weighted by atomic mass is 9.60. The number of hydrogen-bond acceptors (Lipinski definition) is 2. The summed E-state index contributed by atoms with van der Waals surface area (Å²) in [7, 11) is 2.06. The molecule has 0 spiro atoms. The molecule has 1 heterocycles. The summed E-state index contributed by atoms with van der Waals surface area (Å²) in [5, 5.41) is 5.53. The third-order valence-corrected chi connectivity index (χ3v) is 4.56. The van der Waals surface area contributed by atoms with Gasteiger partial charge >= 0.3 is 0 Å². The topological polar surface area (TPSA) is 12.0 Å². The predicted molar refractivity (Wildman–Crippen MR) is 58.3 cm³/mol. The van der Waals surface area contributed by atoms with Crippen molar-refractivity contribution in [2.45, 2.75) is 25.2 Å². The van der Waals surface area contributed by atoms with Crippen LogP contribution in [0.15, 0.2) is 17.5 Å². The van der Waals surface area contributed by atoms with Gasteiger partial charge < -0.3 is 5.32 Å². The van der Waals surface area contributed by atoms with E-state index in [0.717, 1.165) is 12.5 Å². The van der Waals surface area contributed by atoms with E-state index in [1.54, 1.807) is 4.88 Å². The quantitative estimate of drug-likeness (QED) is 0.782. The maximum atomic E-state index is 3.34. The fraction of sp³-hybridized carbons (Fsp3) is 0.636. The van der Waals surface area contributed by atoms with Crippen LogP contribution >= 0.6 is 11.3 Å². The zero-order valence-electron chi connectivity index (χ0n) is 8.34. The molecule has 2 unspecified atom stereocenters. The zero-order valence-corrected chi connectivity index (χ0v) is 9.16. The molecule has 2 rings (SSSR count). The van der Waals surface area contributed by atoms with E-state index in [0.29, 0.717) is 5.41 Å². The molecule has 1 aliphatic rings. The molecule has 1 nitrogen and oxygen atoms in total. The van der Waals surface area contributed by atoms with Gasteiger partial charge in [0.2, 0.25) is 0 Å². The zero-order chi connectivity index (χ0) is 9.31. The fourth-order valence-corrected chi connectivity index (χ4v) is 3.45. The van der Waals surface area contributed by atoms with Crippen LogP contribution in [0.4, 0.5) is 0 Å². The number of rotatable bonds is 3. The molecule has 1 aliphatic carbocycles. The van der Waals surface area contributed by atoms with Crippen LogP contribution in [0.1, 0.15) is 24.6 Å². The summed E-state index contributed by atoms with van der Waals surface area (Å²) in [4.78, 5) is 1.57. The van der Waals surface area contributed by atoms with Gasteiger partial charge in [-0.1, -0.05) is 13.0 Å². The second-order valence-corrected chi connectivity index (χ2v) is 5.05. The van der Waals surface area contributed by atoms with E-state index in [4.69, 9.17) is 0 Å². The Hall–Kier alpha value is -0.340. The van der Waals surface area contributed by atoms with Crippen molar-refractivity contribution in [1.82, 2.24) is 5.32 Å². The summed E-state index contributed by atoms with van der Waals surface area (Å²) in [5.41, 5.74) is 0.461. The Balaban J connectivity index is 2.24. The smallest absolute Gasteiger partial charge is 0.0197 e. The van der Waals surface area contributed by atoms with Gasteiger partial charge in [0.1, 0.15) is 0 Å². The highest BCUT2D eigenvalue weighted by Crippen LogP contribution is 2.49. The highest BCUT2D eigenvalue weighted by Gasteiger charge is 2.45. The van der Waals surface area contributed by atoms with Crippen molar-refractivity contribution in [3.05, 3.63) is 22.4 Å². The normalized spacial score (nSPS) is 32.9. The second-order valence-electron chi connectivity index (χ2n) is 4.10. The average molecular weight is 195 g/mol. The first-order valence-electron chi connectivity index (χ1n) is 4.98. The molecule has 0 aliphatic heterocycles. The van der Waals surface area contributed by atoms with Crippen LogP contribution < -0.4 is 5.32 Å². The minimum absolute atomic E-state index is 0.461. The van der Waals surface area contributed by atoms with Crippen LogP contribution in [0, 0.1) is 5.92 Å². The second kappa shape index (κ2) is 3.43. The van der Waals surface area contributed by atoms with Gasteiger partial charge in [0, 0.05) is 16.8 Å². The number of hydrogen-bond donors (Lipinski definition) is 1. The number of thiophene rings is 1. The average Bonchev–Trinajstić information content (AvgIpc) is 2.64. The summed E-state index contributed by atoms with van der Waals surface area (Å²) in [6, 6.07) is 4.46. The van der Waals surface area contributed by atoms with Gasteiger partial charge in [0.15, 0.2) is 0 Å². The third-order valence-electron chi connectivity index (χ3n) is 3.47.